The number of amides is 1. The third kappa shape index (κ3) is 4.58. The van der Waals surface area contributed by atoms with E-state index in [1.807, 2.05) is 47.4 Å². The summed E-state index contributed by atoms with van der Waals surface area (Å²) < 4.78 is 23.2. The van der Waals surface area contributed by atoms with Gasteiger partial charge in [-0.25, -0.2) is 9.37 Å². The van der Waals surface area contributed by atoms with Crippen LogP contribution in [0.4, 0.5) is 10.1 Å². The van der Waals surface area contributed by atoms with E-state index in [0.29, 0.717) is 52.7 Å². The fourth-order valence-electron chi connectivity index (χ4n) is 7.34. The molecule has 4 aromatic rings. The molecular formula is C35H33ClFN5O2. The molecule has 0 bridgehead atoms. The van der Waals surface area contributed by atoms with Crippen LogP contribution < -0.4 is 9.64 Å². The number of benzene rings is 3. The first-order chi connectivity index (χ1) is 21.4. The molecule has 3 aliphatic heterocycles. The fraction of sp³-hybridized carbons (Fsp3) is 0.343. The van der Waals surface area contributed by atoms with Gasteiger partial charge >= 0.3 is 0 Å². The van der Waals surface area contributed by atoms with E-state index >= 15 is 4.39 Å². The van der Waals surface area contributed by atoms with Crippen LogP contribution in [0.3, 0.4) is 0 Å². The van der Waals surface area contributed by atoms with Crippen molar-refractivity contribution in [3.63, 3.8) is 0 Å². The van der Waals surface area contributed by atoms with Gasteiger partial charge in [-0.15, -0.1) is 0 Å². The molecule has 3 aliphatic rings. The summed E-state index contributed by atoms with van der Waals surface area (Å²) in [4.78, 5) is 23.6. The van der Waals surface area contributed by atoms with Crippen LogP contribution in [0.15, 0.2) is 61.2 Å². The Labute approximate surface area is 261 Å². The van der Waals surface area contributed by atoms with Gasteiger partial charge < -0.3 is 19.4 Å². The van der Waals surface area contributed by atoms with Crippen LogP contribution in [0, 0.1) is 17.1 Å². The van der Waals surface area contributed by atoms with Crippen molar-refractivity contribution in [3.8, 4) is 23.1 Å². The highest BCUT2D eigenvalue weighted by atomic mass is 35.5. The predicted octanol–water partition coefficient (Wildman–Crippen LogP) is 6.36. The average molecular weight is 610 g/mol. The molecular weight excluding hydrogens is 577 g/mol. The van der Waals surface area contributed by atoms with E-state index in [0.717, 1.165) is 42.3 Å². The summed E-state index contributed by atoms with van der Waals surface area (Å²) in [6, 6.07) is 17.7. The second-order valence-corrected chi connectivity index (χ2v) is 12.4. The van der Waals surface area contributed by atoms with Crippen molar-refractivity contribution in [1.29, 1.82) is 5.26 Å². The number of hydrogen-bond acceptors (Lipinski definition) is 6. The number of likely N-dealkylation sites (N-methyl/N-ethyl adjacent to an activating group) is 1. The minimum absolute atomic E-state index is 0.0390. The van der Waals surface area contributed by atoms with Crippen molar-refractivity contribution in [3.05, 3.63) is 77.6 Å². The molecule has 224 valence electrons. The molecule has 1 amide bonds. The number of carbonyl (C=O) groups is 1. The molecule has 7 nitrogen and oxygen atoms in total. The van der Waals surface area contributed by atoms with Crippen molar-refractivity contribution in [2.24, 2.45) is 0 Å². The van der Waals surface area contributed by atoms with Gasteiger partial charge in [-0.1, -0.05) is 54.6 Å². The predicted molar refractivity (Wildman–Crippen MR) is 172 cm³/mol. The van der Waals surface area contributed by atoms with E-state index in [1.54, 1.807) is 6.07 Å². The van der Waals surface area contributed by atoms with Gasteiger partial charge in [0.15, 0.2) is 5.82 Å². The number of carbonyl (C=O) groups excluding carboxylic acids is 1. The Morgan fingerprint density at radius 1 is 1.16 bits per heavy atom. The number of halogens is 2. The highest BCUT2D eigenvalue weighted by molar-refractivity contribution is 6.36. The molecule has 3 saturated heterocycles. The number of fused-ring (bicyclic) bond motifs is 3. The Morgan fingerprint density at radius 2 is 1.98 bits per heavy atom. The Hall–Kier alpha value is -4.19. The number of pyridine rings is 1. The molecule has 0 spiro atoms. The number of hydrogen-bond donors (Lipinski definition) is 0. The monoisotopic (exact) mass is 609 g/mol. The van der Waals surface area contributed by atoms with E-state index in [4.69, 9.17) is 21.3 Å². The van der Waals surface area contributed by atoms with Crippen LogP contribution in [0.1, 0.15) is 24.8 Å². The van der Waals surface area contributed by atoms with Crippen molar-refractivity contribution < 1.29 is 13.9 Å². The topological polar surface area (TPSA) is 72.7 Å². The lowest BCUT2D eigenvalue weighted by Gasteiger charge is -2.49. The van der Waals surface area contributed by atoms with E-state index in [9.17, 15) is 10.1 Å². The smallest absolute Gasteiger partial charge is 0.246 e. The first-order valence-corrected chi connectivity index (χ1v) is 15.5. The quantitative estimate of drug-likeness (QED) is 0.227. The van der Waals surface area contributed by atoms with Crippen molar-refractivity contribution in [2.45, 2.75) is 43.8 Å². The summed E-state index contributed by atoms with van der Waals surface area (Å²) in [7, 11) is 2.08. The second kappa shape index (κ2) is 11.4. The number of anilines is 1. The number of aromatic nitrogens is 1. The van der Waals surface area contributed by atoms with E-state index in [2.05, 4.69) is 29.5 Å². The van der Waals surface area contributed by atoms with Crippen LogP contribution in [-0.4, -0.2) is 72.1 Å². The Balaban J connectivity index is 1.39. The lowest BCUT2D eigenvalue weighted by Crippen LogP contribution is -2.63. The molecule has 0 saturated carbocycles. The van der Waals surface area contributed by atoms with Gasteiger partial charge in [-0.2, -0.15) is 5.26 Å². The SMILES string of the molecule is C=CC(=O)N1CC[C@@H]2[C@H]1CN2c1c(CC#N)c(OCC2CCCN2C)nc2c(F)c(-c3cccc4cccc(Cl)c34)ccc12. The van der Waals surface area contributed by atoms with Crippen LogP contribution in [0.2, 0.25) is 5.02 Å². The van der Waals surface area contributed by atoms with E-state index in [-0.39, 0.29) is 36.0 Å². The molecule has 1 unspecified atom stereocenters. The van der Waals surface area contributed by atoms with Crippen LogP contribution >= 0.6 is 11.6 Å². The molecule has 4 heterocycles. The molecule has 0 N–H and O–H groups in total. The second-order valence-electron chi connectivity index (χ2n) is 11.9. The molecule has 1 aromatic heterocycles. The van der Waals surface area contributed by atoms with E-state index < -0.39 is 5.82 Å². The van der Waals surface area contributed by atoms with Gasteiger partial charge in [0.25, 0.3) is 0 Å². The number of nitriles is 1. The minimum Gasteiger partial charge on any atom is -0.476 e. The third-order valence-corrected chi connectivity index (χ3v) is 9.97. The van der Waals surface area contributed by atoms with Crippen molar-refractivity contribution >= 4 is 44.9 Å². The van der Waals surface area contributed by atoms with Gasteiger partial charge in [0, 0.05) is 40.5 Å². The zero-order valence-corrected chi connectivity index (χ0v) is 25.4. The molecule has 44 heavy (non-hydrogen) atoms. The highest BCUT2D eigenvalue weighted by Gasteiger charge is 2.49. The number of nitrogens with zero attached hydrogens (tertiary/aromatic N) is 5. The molecule has 0 radical (unpaired) electrons. The van der Waals surface area contributed by atoms with Crippen LogP contribution in [0.25, 0.3) is 32.8 Å². The maximum atomic E-state index is 16.8. The molecule has 7 rings (SSSR count). The van der Waals surface area contributed by atoms with Gasteiger partial charge in [-0.3, -0.25) is 4.79 Å². The minimum atomic E-state index is -0.463. The van der Waals surface area contributed by atoms with Gasteiger partial charge in [0.1, 0.15) is 12.1 Å². The summed E-state index contributed by atoms with van der Waals surface area (Å²) >= 11 is 6.63. The van der Waals surface area contributed by atoms with Gasteiger partial charge in [0.2, 0.25) is 11.8 Å². The van der Waals surface area contributed by atoms with Crippen LogP contribution in [0.5, 0.6) is 5.88 Å². The summed E-state index contributed by atoms with van der Waals surface area (Å²) in [5.74, 6) is -0.251. The number of ether oxygens (including phenoxy) is 1. The number of likely N-dealkylation sites (tertiary alicyclic amines) is 2. The first-order valence-electron chi connectivity index (χ1n) is 15.1. The molecule has 0 aliphatic carbocycles. The fourth-order valence-corrected chi connectivity index (χ4v) is 7.63. The standard InChI is InChI=1S/C35H33ClFN5O2/c1-3-30(43)41-18-15-28-29(41)19-42(28)34-25-13-12-24(23-10-4-7-21-8-5-11-27(36)31(21)23)32(37)33(25)39-35(26(34)14-16-38)44-20-22-9-6-17-40(22)2/h3-5,7-8,10-13,22,28-29H,1,6,9,14-15,17-20H2,2H3/t22?,28-,29-/m1/s1. The lowest BCUT2D eigenvalue weighted by molar-refractivity contribution is -0.127. The molecule has 3 atom stereocenters. The molecule has 3 aromatic carbocycles. The summed E-state index contributed by atoms with van der Waals surface area (Å²) in [6.45, 7) is 6.27. The highest BCUT2D eigenvalue weighted by Crippen LogP contribution is 2.46. The largest absolute Gasteiger partial charge is 0.476 e. The number of rotatable bonds is 7. The normalized spacial score (nSPS) is 21.4. The van der Waals surface area contributed by atoms with Gasteiger partial charge in [0.05, 0.1) is 35.8 Å². The summed E-state index contributed by atoms with van der Waals surface area (Å²) in [6.07, 6.45) is 4.30. The summed E-state index contributed by atoms with van der Waals surface area (Å²) in [5.41, 5.74) is 2.70. The van der Waals surface area contributed by atoms with Crippen LogP contribution in [-0.2, 0) is 11.2 Å². The Morgan fingerprint density at radius 3 is 2.73 bits per heavy atom. The van der Waals surface area contributed by atoms with E-state index in [1.165, 1.54) is 6.08 Å². The average Bonchev–Trinajstić information content (AvgIpc) is 3.58. The third-order valence-electron chi connectivity index (χ3n) is 9.65. The van der Waals surface area contributed by atoms with Crippen molar-refractivity contribution in [2.75, 3.05) is 38.2 Å². The zero-order chi connectivity index (χ0) is 30.5. The molecule has 9 heteroatoms. The maximum absolute atomic E-state index is 16.8. The van der Waals surface area contributed by atoms with Gasteiger partial charge in [-0.05, 0) is 62.0 Å². The maximum Gasteiger partial charge on any atom is 0.246 e. The lowest BCUT2D eigenvalue weighted by atomic mass is 9.91. The summed E-state index contributed by atoms with van der Waals surface area (Å²) in [5, 5.41) is 12.8. The van der Waals surface area contributed by atoms with Crippen molar-refractivity contribution in [1.82, 2.24) is 14.8 Å². The zero-order valence-electron chi connectivity index (χ0n) is 24.6. The Bertz CT molecular complexity index is 1850. The Kier molecular flexibility index (Phi) is 7.39. The first kappa shape index (κ1) is 28.6. The molecule has 3 fully saturated rings.